The normalized spacial score (nSPS) is 10.6. The largest absolute Gasteiger partial charge is 0.333 e. The van der Waals surface area contributed by atoms with E-state index in [1.165, 1.54) is 15.8 Å². The van der Waals surface area contributed by atoms with E-state index >= 15 is 0 Å². The van der Waals surface area contributed by atoms with Crippen LogP contribution in [0.5, 0.6) is 0 Å². The SMILES string of the molecule is C=C(C)c1ccc2s[c-]c(-c3nc4ccccc4n3-c3ccc(-c4ccccc4)cc3)c2c1.[Ir].[c-]1ccccc1-c1ccccn1. The van der Waals surface area contributed by atoms with E-state index in [0.717, 1.165) is 55.9 Å². The molecule has 0 N–H and O–H groups in total. The predicted molar refractivity (Wildman–Crippen MR) is 189 cm³/mol. The van der Waals surface area contributed by atoms with E-state index in [2.05, 4.69) is 113 Å². The number of thiophene rings is 1. The van der Waals surface area contributed by atoms with Gasteiger partial charge in [-0.15, -0.1) is 41.3 Å². The van der Waals surface area contributed by atoms with Crippen LogP contribution in [0.15, 0.2) is 152 Å². The summed E-state index contributed by atoms with van der Waals surface area (Å²) in [5.74, 6) is 0.911. The molecule has 0 saturated carbocycles. The summed E-state index contributed by atoms with van der Waals surface area (Å²) < 4.78 is 3.45. The number of pyridine rings is 1. The molecule has 46 heavy (non-hydrogen) atoms. The molecule has 0 atom stereocenters. The fourth-order valence-electron chi connectivity index (χ4n) is 5.37. The van der Waals surface area contributed by atoms with Gasteiger partial charge in [0.25, 0.3) is 0 Å². The Morgan fingerprint density at radius 3 is 2.24 bits per heavy atom. The maximum Gasteiger partial charge on any atom is 0.0774 e. The van der Waals surface area contributed by atoms with Crippen molar-refractivity contribution in [2.45, 2.75) is 6.92 Å². The Hall–Kier alpha value is -4.93. The summed E-state index contributed by atoms with van der Waals surface area (Å²) in [7, 11) is 0. The quantitative estimate of drug-likeness (QED) is 0.163. The van der Waals surface area contributed by atoms with Gasteiger partial charge in [0.05, 0.1) is 16.9 Å². The van der Waals surface area contributed by atoms with Gasteiger partial charge in [0.1, 0.15) is 0 Å². The first-order valence-corrected chi connectivity index (χ1v) is 15.6. The minimum Gasteiger partial charge on any atom is -0.333 e. The molecule has 0 unspecified atom stereocenters. The van der Waals surface area contributed by atoms with Gasteiger partial charge >= 0.3 is 0 Å². The van der Waals surface area contributed by atoms with E-state index in [1.54, 1.807) is 17.5 Å². The molecule has 8 aromatic rings. The van der Waals surface area contributed by atoms with Crippen LogP contribution in [-0.4, -0.2) is 14.5 Å². The third kappa shape index (κ3) is 6.40. The number of hydrogen-bond acceptors (Lipinski definition) is 3. The Kier molecular flexibility index (Phi) is 9.46. The molecular formula is C41H29IrN3S-2. The Bertz CT molecular complexity index is 2180. The van der Waals surface area contributed by atoms with Crippen LogP contribution in [0.25, 0.3) is 66.2 Å². The number of para-hydroxylation sites is 2. The molecule has 3 aromatic heterocycles. The topological polar surface area (TPSA) is 30.7 Å². The first-order valence-electron chi connectivity index (χ1n) is 14.8. The van der Waals surface area contributed by atoms with Gasteiger partial charge in [-0.3, -0.25) is 16.3 Å². The first kappa shape index (κ1) is 31.1. The summed E-state index contributed by atoms with van der Waals surface area (Å²) in [6.45, 7) is 6.17. The van der Waals surface area contributed by atoms with Gasteiger partial charge in [-0.2, -0.15) is 0 Å². The zero-order chi connectivity index (χ0) is 30.6. The summed E-state index contributed by atoms with van der Waals surface area (Å²) >= 11 is 1.63. The van der Waals surface area contributed by atoms with Crippen LogP contribution in [0.4, 0.5) is 0 Å². The number of aromatic nitrogens is 3. The second-order valence-electron chi connectivity index (χ2n) is 10.7. The van der Waals surface area contributed by atoms with Gasteiger partial charge < -0.3 is 9.55 Å². The van der Waals surface area contributed by atoms with Crippen molar-refractivity contribution in [3.05, 3.63) is 169 Å². The third-order valence-electron chi connectivity index (χ3n) is 7.67. The van der Waals surface area contributed by atoms with Gasteiger partial charge in [-0.25, -0.2) is 0 Å². The van der Waals surface area contributed by atoms with Gasteiger partial charge in [0, 0.05) is 32.0 Å². The van der Waals surface area contributed by atoms with Crippen LogP contribution >= 0.6 is 11.3 Å². The van der Waals surface area contributed by atoms with Crippen molar-refractivity contribution < 1.29 is 20.1 Å². The minimum atomic E-state index is 0. The van der Waals surface area contributed by atoms with Crippen LogP contribution in [-0.2, 0) is 20.1 Å². The van der Waals surface area contributed by atoms with Crippen molar-refractivity contribution in [2.24, 2.45) is 0 Å². The van der Waals surface area contributed by atoms with E-state index < -0.39 is 0 Å². The standard InChI is InChI=1S/C30H21N2S.C11H8N.Ir/c1-20(2)23-14-17-29-25(18-23)26(19-33-29)30-31-27-10-6-7-11-28(27)32(30)24-15-12-22(13-16-24)21-8-4-3-5-9-21;1-2-6-10(7-3-1)11-8-4-5-9-12-11;/h3-18H,1H2,2H3;1-6,8-9H;/q2*-1;. The van der Waals surface area contributed by atoms with Crippen LogP contribution in [0.3, 0.4) is 0 Å². The zero-order valence-corrected chi connectivity index (χ0v) is 28.4. The molecule has 5 aromatic carbocycles. The number of rotatable bonds is 5. The summed E-state index contributed by atoms with van der Waals surface area (Å²) in [6, 6.07) is 50.8. The Balaban J connectivity index is 0.000000241. The Morgan fingerprint density at radius 2 is 1.50 bits per heavy atom. The van der Waals surface area contributed by atoms with Gasteiger partial charge in [0.2, 0.25) is 0 Å². The monoisotopic (exact) mass is 788 g/mol. The van der Waals surface area contributed by atoms with Crippen LogP contribution in [0.2, 0.25) is 0 Å². The van der Waals surface area contributed by atoms with Gasteiger partial charge in [0.15, 0.2) is 0 Å². The van der Waals surface area contributed by atoms with Crippen LogP contribution in [0.1, 0.15) is 12.5 Å². The maximum atomic E-state index is 5.05. The average Bonchev–Trinajstić information content (AvgIpc) is 3.71. The summed E-state index contributed by atoms with van der Waals surface area (Å²) in [6.07, 6.45) is 1.79. The fraction of sp³-hybridized carbons (Fsp3) is 0.0244. The minimum absolute atomic E-state index is 0. The number of imidazole rings is 1. The van der Waals surface area contributed by atoms with Crippen molar-refractivity contribution in [3.8, 4) is 39.5 Å². The number of hydrogen-bond donors (Lipinski definition) is 0. The molecule has 0 fully saturated rings. The van der Waals surface area contributed by atoms with Crippen molar-refractivity contribution in [2.75, 3.05) is 0 Å². The third-order valence-corrected chi connectivity index (χ3v) is 8.55. The number of allylic oxidation sites excluding steroid dienone is 1. The van der Waals surface area contributed by atoms with Crippen LogP contribution in [0, 0.1) is 11.4 Å². The van der Waals surface area contributed by atoms with Crippen molar-refractivity contribution in [3.63, 3.8) is 0 Å². The number of nitrogens with zero attached hydrogens (tertiary/aromatic N) is 3. The van der Waals surface area contributed by atoms with E-state index in [9.17, 15) is 0 Å². The molecule has 225 valence electrons. The molecule has 3 nitrogen and oxygen atoms in total. The molecule has 0 aliphatic carbocycles. The number of benzene rings is 5. The van der Waals surface area contributed by atoms with E-state index in [4.69, 9.17) is 4.98 Å². The molecular weight excluding hydrogens is 759 g/mol. The molecule has 0 saturated heterocycles. The fourth-order valence-corrected chi connectivity index (χ4v) is 6.19. The van der Waals surface area contributed by atoms with Crippen molar-refractivity contribution in [1.29, 1.82) is 0 Å². The van der Waals surface area contributed by atoms with Crippen molar-refractivity contribution in [1.82, 2.24) is 14.5 Å². The second-order valence-corrected chi connectivity index (χ2v) is 11.6. The summed E-state index contributed by atoms with van der Waals surface area (Å²) in [5.41, 5.74) is 10.8. The molecule has 0 aliphatic rings. The molecule has 1 radical (unpaired) electrons. The smallest absolute Gasteiger partial charge is 0.0774 e. The summed E-state index contributed by atoms with van der Waals surface area (Å²) in [5, 5.41) is 4.70. The molecule has 0 aliphatic heterocycles. The number of fused-ring (bicyclic) bond motifs is 2. The summed E-state index contributed by atoms with van der Waals surface area (Å²) in [4.78, 5) is 9.27. The van der Waals surface area contributed by atoms with E-state index in [1.807, 2.05) is 61.5 Å². The van der Waals surface area contributed by atoms with Crippen LogP contribution < -0.4 is 0 Å². The van der Waals surface area contributed by atoms with E-state index in [-0.39, 0.29) is 20.1 Å². The predicted octanol–water partition coefficient (Wildman–Crippen LogP) is 11.0. The molecule has 0 amide bonds. The molecule has 3 heterocycles. The molecule has 0 spiro atoms. The Morgan fingerprint density at radius 1 is 0.761 bits per heavy atom. The Labute approximate surface area is 286 Å². The van der Waals surface area contributed by atoms with Crippen molar-refractivity contribution >= 4 is 38.0 Å². The van der Waals surface area contributed by atoms with Gasteiger partial charge in [-0.05, 0) is 59.6 Å². The molecule has 5 heteroatoms. The molecule has 0 bridgehead atoms. The first-order chi connectivity index (χ1) is 22.2. The molecule has 8 rings (SSSR count). The van der Waals surface area contributed by atoms with Gasteiger partial charge in [-0.1, -0.05) is 113 Å². The van der Waals surface area contributed by atoms with E-state index in [0.29, 0.717) is 0 Å². The average molecular weight is 788 g/mol. The maximum absolute atomic E-state index is 5.05. The second kappa shape index (κ2) is 14.0. The zero-order valence-electron chi connectivity index (χ0n) is 25.1.